The van der Waals surface area contributed by atoms with Gasteiger partial charge in [0.25, 0.3) is 11.6 Å². The molecule has 0 atom stereocenters. The lowest BCUT2D eigenvalue weighted by Crippen LogP contribution is -2.14. The van der Waals surface area contributed by atoms with Crippen LogP contribution < -0.4 is 5.32 Å². The zero-order valence-electron chi connectivity index (χ0n) is 10.2. The summed E-state index contributed by atoms with van der Waals surface area (Å²) in [6, 6.07) is 9.27. The van der Waals surface area contributed by atoms with Crippen LogP contribution in [0.1, 0.15) is 15.9 Å². The molecule has 6 heteroatoms. The van der Waals surface area contributed by atoms with E-state index >= 15 is 0 Å². The van der Waals surface area contributed by atoms with E-state index in [4.69, 9.17) is 0 Å². The van der Waals surface area contributed by atoms with Crippen molar-refractivity contribution in [2.45, 2.75) is 6.92 Å². The number of pyridine rings is 1. The van der Waals surface area contributed by atoms with E-state index in [0.717, 1.165) is 0 Å². The number of aryl methyl sites for hydroxylation is 1. The molecule has 1 aromatic heterocycles. The summed E-state index contributed by atoms with van der Waals surface area (Å²) in [5.74, 6) is 0.0938. The molecule has 6 nitrogen and oxygen atoms in total. The fourth-order valence-electron chi connectivity index (χ4n) is 1.64. The topological polar surface area (TPSA) is 85.1 Å². The largest absolute Gasteiger partial charge is 0.307 e. The molecular weight excluding hydrogens is 246 g/mol. The molecule has 0 fully saturated rings. The van der Waals surface area contributed by atoms with E-state index < -0.39 is 4.92 Å². The summed E-state index contributed by atoms with van der Waals surface area (Å²) in [5.41, 5.74) is 0.894. The molecule has 1 N–H and O–H groups in total. The smallest absolute Gasteiger partial charge is 0.269 e. The van der Waals surface area contributed by atoms with Crippen LogP contribution in [-0.2, 0) is 0 Å². The number of nitro benzene ring substituents is 1. The van der Waals surface area contributed by atoms with E-state index in [1.54, 1.807) is 31.3 Å². The van der Waals surface area contributed by atoms with Crippen molar-refractivity contribution in [1.82, 2.24) is 4.98 Å². The monoisotopic (exact) mass is 257 g/mol. The van der Waals surface area contributed by atoms with Crippen molar-refractivity contribution in [3.63, 3.8) is 0 Å². The molecule has 0 aliphatic rings. The number of rotatable bonds is 3. The minimum Gasteiger partial charge on any atom is -0.307 e. The summed E-state index contributed by atoms with van der Waals surface area (Å²) in [6.07, 6.45) is 1.57. The van der Waals surface area contributed by atoms with E-state index in [2.05, 4.69) is 10.3 Å². The van der Waals surface area contributed by atoms with Crippen molar-refractivity contribution in [1.29, 1.82) is 0 Å². The van der Waals surface area contributed by atoms with Crippen LogP contribution in [0.4, 0.5) is 11.5 Å². The van der Waals surface area contributed by atoms with Crippen molar-refractivity contribution in [3.05, 3.63) is 63.8 Å². The van der Waals surface area contributed by atoms with Crippen molar-refractivity contribution >= 4 is 17.4 Å². The summed E-state index contributed by atoms with van der Waals surface area (Å²) in [5, 5.41) is 13.2. The van der Waals surface area contributed by atoms with Gasteiger partial charge < -0.3 is 5.32 Å². The summed E-state index contributed by atoms with van der Waals surface area (Å²) in [6.45, 7) is 1.65. The van der Waals surface area contributed by atoms with E-state index in [1.165, 1.54) is 18.2 Å². The lowest BCUT2D eigenvalue weighted by atomic mass is 10.1. The Morgan fingerprint density at radius 3 is 2.68 bits per heavy atom. The lowest BCUT2D eigenvalue weighted by Gasteiger charge is -2.06. The van der Waals surface area contributed by atoms with Gasteiger partial charge in [0.2, 0.25) is 0 Å². The number of carbonyl (C=O) groups is 1. The second kappa shape index (κ2) is 5.26. The average Bonchev–Trinajstić information content (AvgIpc) is 2.39. The maximum absolute atomic E-state index is 12.0. The Kier molecular flexibility index (Phi) is 3.51. The van der Waals surface area contributed by atoms with Crippen LogP contribution in [0.5, 0.6) is 0 Å². The number of hydrogen-bond donors (Lipinski definition) is 1. The van der Waals surface area contributed by atoms with Gasteiger partial charge in [-0.05, 0) is 30.7 Å². The number of hydrogen-bond acceptors (Lipinski definition) is 4. The number of nitro groups is 1. The predicted molar refractivity (Wildman–Crippen MR) is 70.0 cm³/mol. The van der Waals surface area contributed by atoms with E-state index in [-0.39, 0.29) is 11.6 Å². The standard InChI is InChI=1S/C13H11N3O3/c1-9-8-10(16(18)19)5-6-11(9)13(17)15-12-4-2-3-7-14-12/h2-8H,1H3,(H,14,15,17). The molecule has 2 aromatic rings. The molecule has 0 aliphatic heterocycles. The maximum atomic E-state index is 12.0. The molecule has 0 unspecified atom stereocenters. The summed E-state index contributed by atoms with van der Waals surface area (Å²) < 4.78 is 0. The van der Waals surface area contributed by atoms with E-state index in [1.807, 2.05) is 0 Å². The van der Waals surface area contributed by atoms with Gasteiger partial charge in [-0.3, -0.25) is 14.9 Å². The SMILES string of the molecule is Cc1cc([N+](=O)[O-])ccc1C(=O)Nc1ccccn1. The fraction of sp³-hybridized carbons (Fsp3) is 0.0769. The second-order valence-electron chi connectivity index (χ2n) is 3.93. The summed E-state index contributed by atoms with van der Waals surface area (Å²) >= 11 is 0. The Balaban J connectivity index is 2.22. The first-order valence-electron chi connectivity index (χ1n) is 5.55. The number of non-ortho nitro benzene ring substituents is 1. The third kappa shape index (κ3) is 2.92. The van der Waals surface area contributed by atoms with Crippen molar-refractivity contribution < 1.29 is 9.72 Å². The van der Waals surface area contributed by atoms with Crippen molar-refractivity contribution in [2.24, 2.45) is 0 Å². The third-order valence-electron chi connectivity index (χ3n) is 2.57. The summed E-state index contributed by atoms with van der Waals surface area (Å²) in [4.78, 5) is 26.1. The highest BCUT2D eigenvalue weighted by Crippen LogP contribution is 2.18. The highest BCUT2D eigenvalue weighted by Gasteiger charge is 2.13. The Labute approximate surface area is 109 Å². The van der Waals surface area contributed by atoms with Crippen molar-refractivity contribution in [3.8, 4) is 0 Å². The van der Waals surface area contributed by atoms with Crippen molar-refractivity contribution in [2.75, 3.05) is 5.32 Å². The Morgan fingerprint density at radius 1 is 1.32 bits per heavy atom. The third-order valence-corrected chi connectivity index (χ3v) is 2.57. The Bertz CT molecular complexity index is 626. The average molecular weight is 257 g/mol. The number of carbonyl (C=O) groups excluding carboxylic acids is 1. The van der Waals surface area contributed by atoms with Gasteiger partial charge in [0, 0.05) is 23.9 Å². The molecule has 1 aromatic carbocycles. The van der Waals surface area contributed by atoms with Gasteiger partial charge in [-0.2, -0.15) is 0 Å². The number of benzene rings is 1. The first-order chi connectivity index (χ1) is 9.08. The number of nitrogens with zero attached hydrogens (tertiary/aromatic N) is 2. The number of anilines is 1. The molecule has 2 rings (SSSR count). The van der Waals surface area contributed by atoms with Crippen LogP contribution in [0.3, 0.4) is 0 Å². The first kappa shape index (κ1) is 12.7. The molecule has 19 heavy (non-hydrogen) atoms. The second-order valence-corrected chi connectivity index (χ2v) is 3.93. The predicted octanol–water partition coefficient (Wildman–Crippen LogP) is 2.55. The Hall–Kier alpha value is -2.76. The fourth-order valence-corrected chi connectivity index (χ4v) is 1.64. The molecule has 0 spiro atoms. The molecule has 0 saturated carbocycles. The molecule has 0 radical (unpaired) electrons. The molecule has 0 saturated heterocycles. The lowest BCUT2D eigenvalue weighted by molar-refractivity contribution is -0.384. The number of aromatic nitrogens is 1. The minimum absolute atomic E-state index is 0.0353. The van der Waals surface area contributed by atoms with Crippen LogP contribution in [0.2, 0.25) is 0 Å². The van der Waals surface area contributed by atoms with Gasteiger partial charge in [0.05, 0.1) is 4.92 Å². The van der Waals surface area contributed by atoms with Crippen LogP contribution in [0.25, 0.3) is 0 Å². The van der Waals surface area contributed by atoms with Crippen LogP contribution >= 0.6 is 0 Å². The normalized spacial score (nSPS) is 9.95. The highest BCUT2D eigenvalue weighted by molar-refractivity contribution is 6.04. The highest BCUT2D eigenvalue weighted by atomic mass is 16.6. The molecule has 1 heterocycles. The zero-order valence-corrected chi connectivity index (χ0v) is 10.2. The molecule has 0 aliphatic carbocycles. The van der Waals surface area contributed by atoms with Gasteiger partial charge in [-0.15, -0.1) is 0 Å². The Morgan fingerprint density at radius 2 is 2.11 bits per heavy atom. The quantitative estimate of drug-likeness (QED) is 0.676. The molecule has 96 valence electrons. The van der Waals surface area contributed by atoms with Crippen LogP contribution in [0, 0.1) is 17.0 Å². The zero-order chi connectivity index (χ0) is 13.8. The van der Waals surface area contributed by atoms with Gasteiger partial charge in [-0.1, -0.05) is 6.07 Å². The van der Waals surface area contributed by atoms with Gasteiger partial charge >= 0.3 is 0 Å². The minimum atomic E-state index is -0.493. The van der Waals surface area contributed by atoms with Gasteiger partial charge in [-0.25, -0.2) is 4.98 Å². The van der Waals surface area contributed by atoms with Gasteiger partial charge in [0.1, 0.15) is 5.82 Å². The molecular formula is C13H11N3O3. The molecule has 0 bridgehead atoms. The summed E-state index contributed by atoms with van der Waals surface area (Å²) in [7, 11) is 0. The number of amides is 1. The van der Waals surface area contributed by atoms with E-state index in [0.29, 0.717) is 16.9 Å². The van der Waals surface area contributed by atoms with Gasteiger partial charge in [0.15, 0.2) is 0 Å². The number of nitrogens with one attached hydrogen (secondary N) is 1. The molecule has 1 amide bonds. The van der Waals surface area contributed by atoms with Crippen LogP contribution in [-0.4, -0.2) is 15.8 Å². The maximum Gasteiger partial charge on any atom is 0.269 e. The van der Waals surface area contributed by atoms with E-state index in [9.17, 15) is 14.9 Å². The van der Waals surface area contributed by atoms with Crippen LogP contribution in [0.15, 0.2) is 42.6 Å². The first-order valence-corrected chi connectivity index (χ1v) is 5.55.